The molecule has 0 aliphatic rings. The molecule has 0 bridgehead atoms. The van der Waals surface area contributed by atoms with Crippen LogP contribution in [0.4, 0.5) is 0 Å². The molecule has 0 spiro atoms. The Morgan fingerprint density at radius 3 is 2.32 bits per heavy atom. The topological polar surface area (TPSA) is 71.3 Å². The van der Waals surface area contributed by atoms with Crippen LogP contribution in [-0.2, 0) is 24.3 Å². The van der Waals surface area contributed by atoms with Gasteiger partial charge in [0.15, 0.2) is 0 Å². The van der Waals surface area contributed by atoms with Crippen molar-refractivity contribution >= 4 is 36.1 Å². The molecule has 172 valence electrons. The number of carboxylic acid groups (broad SMARTS) is 1. The first-order valence-electron chi connectivity index (χ1n) is 11.6. The molecule has 0 aliphatic heterocycles. The molecule has 0 unspecified atom stereocenters. The van der Waals surface area contributed by atoms with Crippen LogP contribution in [0.25, 0.3) is 10.9 Å². The van der Waals surface area contributed by atoms with Gasteiger partial charge in [-0.15, -0.1) is 0 Å². The van der Waals surface area contributed by atoms with Gasteiger partial charge in [0.1, 0.15) is 13.5 Å². The molecule has 1 amide bonds. The Morgan fingerprint density at radius 1 is 0.971 bits per heavy atom. The number of nitrogens with one attached hydrogen (secondary N) is 1. The van der Waals surface area contributed by atoms with Crippen LogP contribution in [0.1, 0.15) is 52.5 Å². The maximum Gasteiger partial charge on any atom is 0.307 e. The zero-order chi connectivity index (χ0) is 24.2. The van der Waals surface area contributed by atoms with Crippen LogP contribution in [0.3, 0.4) is 0 Å². The highest BCUT2D eigenvalue weighted by Crippen LogP contribution is 2.28. The van der Waals surface area contributed by atoms with Crippen LogP contribution < -0.4 is 10.8 Å². The third-order valence-corrected chi connectivity index (χ3v) is 6.15. The van der Waals surface area contributed by atoms with Gasteiger partial charge < -0.3 is 15.0 Å². The fourth-order valence-corrected chi connectivity index (χ4v) is 4.34. The molecule has 4 aromatic rings. The van der Waals surface area contributed by atoms with E-state index >= 15 is 0 Å². The number of hydrogen-bond acceptors (Lipinski definition) is 2. The normalized spacial score (nSPS) is 11.1. The van der Waals surface area contributed by atoms with E-state index in [0.29, 0.717) is 30.3 Å². The SMILES string of the molecule is Bc1ccc2c(c1)c(CC(=O)O)c(C(=O)NCc1ccccc1)n2Cc1ccc(C(C)C)cc1. The molecule has 2 N–H and O–H groups in total. The molecule has 1 aromatic heterocycles. The van der Waals surface area contributed by atoms with Crippen molar-refractivity contribution in [2.45, 2.75) is 39.3 Å². The van der Waals surface area contributed by atoms with Crippen LogP contribution in [0.2, 0.25) is 0 Å². The van der Waals surface area contributed by atoms with Gasteiger partial charge >= 0.3 is 5.97 Å². The summed E-state index contributed by atoms with van der Waals surface area (Å²) in [6, 6.07) is 24.0. The zero-order valence-corrected chi connectivity index (χ0v) is 19.8. The number of hydrogen-bond donors (Lipinski definition) is 2. The number of benzene rings is 3. The molecule has 1 heterocycles. The van der Waals surface area contributed by atoms with Gasteiger partial charge in [-0.2, -0.15) is 0 Å². The van der Waals surface area contributed by atoms with Gasteiger partial charge in [-0.25, -0.2) is 0 Å². The monoisotopic (exact) mass is 452 g/mol. The van der Waals surface area contributed by atoms with Gasteiger partial charge in [-0.1, -0.05) is 86.0 Å². The summed E-state index contributed by atoms with van der Waals surface area (Å²) < 4.78 is 1.96. The number of carboxylic acids is 1. The minimum absolute atomic E-state index is 0.215. The summed E-state index contributed by atoms with van der Waals surface area (Å²) in [6.45, 7) is 5.16. The number of carbonyl (C=O) groups is 2. The molecular weight excluding hydrogens is 423 g/mol. The summed E-state index contributed by atoms with van der Waals surface area (Å²) >= 11 is 0. The average Bonchev–Trinajstić information content (AvgIpc) is 3.10. The Labute approximate surface area is 200 Å². The van der Waals surface area contributed by atoms with Crippen molar-refractivity contribution in [2.24, 2.45) is 0 Å². The van der Waals surface area contributed by atoms with E-state index in [4.69, 9.17) is 0 Å². The van der Waals surface area contributed by atoms with E-state index in [0.717, 1.165) is 27.5 Å². The summed E-state index contributed by atoms with van der Waals surface area (Å²) in [7, 11) is 1.97. The standard InChI is InChI=1S/C28H29BN2O3/c1-18(2)21-10-8-20(9-11-21)17-31-25-13-12-22(29)14-23(25)24(15-26(32)33)27(31)28(34)30-16-19-6-4-3-5-7-19/h3-14,18H,15-17,29H2,1-2H3,(H,30,34)(H,32,33). The van der Waals surface area contributed by atoms with Crippen molar-refractivity contribution in [1.82, 2.24) is 9.88 Å². The van der Waals surface area contributed by atoms with Crippen LogP contribution in [0.15, 0.2) is 72.8 Å². The maximum atomic E-state index is 13.5. The summed E-state index contributed by atoms with van der Waals surface area (Å²) in [5, 5.41) is 13.5. The number of nitrogens with zero attached hydrogens (tertiary/aromatic N) is 1. The van der Waals surface area contributed by atoms with Crippen molar-refractivity contribution in [1.29, 1.82) is 0 Å². The predicted octanol–water partition coefficient (Wildman–Crippen LogP) is 3.63. The first-order chi connectivity index (χ1) is 16.3. The Bertz CT molecular complexity index is 1330. The molecule has 34 heavy (non-hydrogen) atoms. The minimum Gasteiger partial charge on any atom is -0.481 e. The lowest BCUT2D eigenvalue weighted by Crippen LogP contribution is -2.27. The lowest BCUT2D eigenvalue weighted by molar-refractivity contribution is -0.136. The molecule has 4 rings (SSSR count). The number of amides is 1. The van der Waals surface area contributed by atoms with Gasteiger partial charge in [0.25, 0.3) is 5.91 Å². The third kappa shape index (κ3) is 5.06. The quantitative estimate of drug-likeness (QED) is 0.401. The van der Waals surface area contributed by atoms with E-state index in [-0.39, 0.29) is 12.3 Å². The summed E-state index contributed by atoms with van der Waals surface area (Å²) in [4.78, 5) is 25.3. The van der Waals surface area contributed by atoms with Crippen LogP contribution in [0, 0.1) is 0 Å². The highest BCUT2D eigenvalue weighted by Gasteiger charge is 2.24. The van der Waals surface area contributed by atoms with Crippen molar-refractivity contribution in [3.05, 3.63) is 101 Å². The lowest BCUT2D eigenvalue weighted by atomic mass is 9.93. The molecule has 6 heteroatoms. The van der Waals surface area contributed by atoms with E-state index in [1.54, 1.807) is 0 Å². The first-order valence-corrected chi connectivity index (χ1v) is 11.6. The van der Waals surface area contributed by atoms with E-state index in [9.17, 15) is 14.7 Å². The van der Waals surface area contributed by atoms with E-state index < -0.39 is 5.97 Å². The van der Waals surface area contributed by atoms with Crippen molar-refractivity contribution < 1.29 is 14.7 Å². The third-order valence-electron chi connectivity index (χ3n) is 6.15. The maximum absolute atomic E-state index is 13.5. The van der Waals surface area contributed by atoms with Gasteiger partial charge in [-0.3, -0.25) is 9.59 Å². The summed E-state index contributed by atoms with van der Waals surface area (Å²) in [5.41, 5.74) is 6.14. The number of aliphatic carboxylic acids is 1. The predicted molar refractivity (Wildman–Crippen MR) is 139 cm³/mol. The minimum atomic E-state index is -0.959. The highest BCUT2D eigenvalue weighted by molar-refractivity contribution is 6.33. The highest BCUT2D eigenvalue weighted by atomic mass is 16.4. The Balaban J connectivity index is 1.79. The molecule has 0 atom stereocenters. The fraction of sp³-hybridized carbons (Fsp3) is 0.214. The lowest BCUT2D eigenvalue weighted by Gasteiger charge is -2.14. The second kappa shape index (κ2) is 10.00. The molecule has 0 fully saturated rings. The van der Waals surface area contributed by atoms with Gasteiger partial charge in [0.05, 0.1) is 6.42 Å². The van der Waals surface area contributed by atoms with Gasteiger partial charge in [0.2, 0.25) is 0 Å². The molecule has 3 aromatic carbocycles. The van der Waals surface area contributed by atoms with Gasteiger partial charge in [-0.05, 0) is 28.7 Å². The Hall–Kier alpha value is -3.80. The van der Waals surface area contributed by atoms with E-state index in [2.05, 4.69) is 43.4 Å². The van der Waals surface area contributed by atoms with Crippen molar-refractivity contribution in [3.8, 4) is 0 Å². The molecule has 0 aliphatic carbocycles. The van der Waals surface area contributed by atoms with E-state index in [1.165, 1.54) is 5.56 Å². The molecule has 0 saturated carbocycles. The number of rotatable bonds is 8. The molecule has 0 radical (unpaired) electrons. The second-order valence-corrected chi connectivity index (χ2v) is 9.07. The zero-order valence-electron chi connectivity index (χ0n) is 19.8. The van der Waals surface area contributed by atoms with Gasteiger partial charge in [0, 0.05) is 29.6 Å². The van der Waals surface area contributed by atoms with Crippen LogP contribution >= 0.6 is 0 Å². The number of carbonyl (C=O) groups excluding carboxylic acids is 1. The fourth-order valence-electron chi connectivity index (χ4n) is 4.34. The van der Waals surface area contributed by atoms with Crippen molar-refractivity contribution in [3.63, 3.8) is 0 Å². The largest absolute Gasteiger partial charge is 0.481 e. The number of aromatic nitrogens is 1. The van der Waals surface area contributed by atoms with Crippen LogP contribution in [-0.4, -0.2) is 29.4 Å². The van der Waals surface area contributed by atoms with E-state index in [1.807, 2.05) is 60.9 Å². The molecule has 5 nitrogen and oxygen atoms in total. The number of fused-ring (bicyclic) bond motifs is 1. The summed E-state index contributed by atoms with van der Waals surface area (Å²) in [5.74, 6) is -0.794. The Kier molecular flexibility index (Phi) is 6.87. The smallest absolute Gasteiger partial charge is 0.307 e. The second-order valence-electron chi connectivity index (χ2n) is 9.07. The van der Waals surface area contributed by atoms with Crippen LogP contribution in [0.5, 0.6) is 0 Å². The first kappa shape index (κ1) is 23.4. The Morgan fingerprint density at radius 2 is 1.68 bits per heavy atom. The average molecular weight is 452 g/mol. The molecule has 0 saturated heterocycles. The van der Waals surface area contributed by atoms with Crippen molar-refractivity contribution in [2.75, 3.05) is 0 Å². The summed E-state index contributed by atoms with van der Waals surface area (Å²) in [6.07, 6.45) is -0.215. The molecular formula is C28H29BN2O3.